The summed E-state index contributed by atoms with van der Waals surface area (Å²) in [5.41, 5.74) is 1.85. The first-order valence-corrected chi connectivity index (χ1v) is 14.0. The van der Waals surface area contributed by atoms with Crippen molar-refractivity contribution < 1.29 is 35.9 Å². The maximum Gasteiger partial charge on any atom is 0.417 e. The molecular weight excluding hydrogens is 583 g/mol. The zero-order chi connectivity index (χ0) is 30.2. The number of aryl methyl sites for hydroxylation is 1. The molecule has 0 heterocycles. The first kappa shape index (κ1) is 31.5. The molecule has 0 aliphatic rings. The van der Waals surface area contributed by atoms with E-state index in [2.05, 4.69) is 17.1 Å². The lowest BCUT2D eigenvalue weighted by Gasteiger charge is -2.25. The topological polar surface area (TPSA) is 97.3 Å². The summed E-state index contributed by atoms with van der Waals surface area (Å²) >= 11 is 5.72. The van der Waals surface area contributed by atoms with E-state index in [1.54, 1.807) is 38.1 Å². The molecule has 0 saturated carbocycles. The van der Waals surface area contributed by atoms with Gasteiger partial charge >= 0.3 is 6.18 Å². The molecule has 1 N–H and O–H groups in total. The summed E-state index contributed by atoms with van der Waals surface area (Å²) in [6.07, 6.45) is -1.98. The molecule has 0 fully saturated rings. The van der Waals surface area contributed by atoms with Gasteiger partial charge in [-0.25, -0.2) is 13.8 Å². The van der Waals surface area contributed by atoms with Crippen LogP contribution in [0.1, 0.15) is 23.6 Å². The number of ether oxygens (including phenoxy) is 2. The number of hydrazone groups is 1. The zero-order valence-corrected chi connectivity index (χ0v) is 23.7. The lowest BCUT2D eigenvalue weighted by Crippen LogP contribution is -2.39. The normalized spacial score (nSPS) is 11.8. The number of benzene rings is 3. The maximum absolute atomic E-state index is 13.5. The maximum atomic E-state index is 13.5. The molecule has 218 valence electrons. The molecule has 3 aromatic rings. The van der Waals surface area contributed by atoms with Gasteiger partial charge in [-0.1, -0.05) is 42.0 Å². The molecule has 0 bridgehead atoms. The summed E-state index contributed by atoms with van der Waals surface area (Å²) in [6, 6.07) is 13.2. The van der Waals surface area contributed by atoms with Crippen LogP contribution in [0.5, 0.6) is 11.5 Å². The molecule has 0 aliphatic heterocycles. The van der Waals surface area contributed by atoms with Crippen molar-refractivity contribution in [3.05, 3.63) is 95.0 Å². The summed E-state index contributed by atoms with van der Waals surface area (Å²) in [6.45, 7) is 6.90. The van der Waals surface area contributed by atoms with Crippen LogP contribution < -0.4 is 19.2 Å². The fourth-order valence-corrected chi connectivity index (χ4v) is 5.16. The number of carbonyl (C=O) groups is 1. The number of hydrogen-bond donors (Lipinski definition) is 1. The number of sulfonamides is 1. The van der Waals surface area contributed by atoms with Gasteiger partial charge in [0.1, 0.15) is 13.2 Å². The number of alkyl halides is 3. The molecule has 13 heteroatoms. The Balaban J connectivity index is 1.89. The van der Waals surface area contributed by atoms with Gasteiger partial charge in [0.2, 0.25) is 0 Å². The van der Waals surface area contributed by atoms with Crippen LogP contribution in [0.2, 0.25) is 5.02 Å². The van der Waals surface area contributed by atoms with Gasteiger partial charge in [-0.05, 0) is 67.9 Å². The predicted molar refractivity (Wildman–Crippen MR) is 151 cm³/mol. The SMILES string of the molecule is C=CCOc1ccc(/C=N\NC(=O)CN(c2ccc(Cl)c(C(F)(F)F)c2)S(=O)(=O)c2ccc(C)cc2)cc1OCC. The quantitative estimate of drug-likeness (QED) is 0.155. The van der Waals surface area contributed by atoms with E-state index in [0.717, 1.165) is 17.7 Å². The number of halogens is 4. The van der Waals surface area contributed by atoms with Crippen LogP contribution in [0.3, 0.4) is 0 Å². The molecule has 8 nitrogen and oxygen atoms in total. The number of anilines is 1. The summed E-state index contributed by atoms with van der Waals surface area (Å²) < 4.78 is 79.2. The van der Waals surface area contributed by atoms with Crippen molar-refractivity contribution in [1.82, 2.24) is 5.43 Å². The minimum atomic E-state index is -4.86. The van der Waals surface area contributed by atoms with Gasteiger partial charge in [0.05, 0.1) is 34.0 Å². The first-order chi connectivity index (χ1) is 19.4. The highest BCUT2D eigenvalue weighted by Crippen LogP contribution is 2.38. The van der Waals surface area contributed by atoms with Gasteiger partial charge in [0.15, 0.2) is 11.5 Å². The monoisotopic (exact) mass is 609 g/mol. The number of amides is 1. The molecule has 41 heavy (non-hydrogen) atoms. The number of carbonyl (C=O) groups excluding carboxylic acids is 1. The Labute approximate surface area is 241 Å². The number of rotatable bonds is 12. The molecule has 3 rings (SSSR count). The van der Waals surface area contributed by atoms with Crippen molar-refractivity contribution in [3.63, 3.8) is 0 Å². The second-order valence-electron chi connectivity index (χ2n) is 8.52. The molecule has 0 saturated heterocycles. The van der Waals surface area contributed by atoms with Gasteiger partial charge in [-0.3, -0.25) is 9.10 Å². The standard InChI is InChI=1S/C28H27ClF3N3O5S/c1-4-14-40-25-13-8-20(15-26(25)39-5-2)17-33-34-27(36)18-35(41(37,38)22-10-6-19(3)7-11-22)21-9-12-24(29)23(16-21)28(30,31)32/h4,6-13,15-17H,1,5,14,18H2,2-3H3,(H,34,36)/b33-17-. The largest absolute Gasteiger partial charge is 0.490 e. The summed E-state index contributed by atoms with van der Waals surface area (Å²) in [5.74, 6) is 0.00527. The van der Waals surface area contributed by atoms with E-state index in [1.807, 2.05) is 0 Å². The molecule has 0 unspecified atom stereocenters. The second kappa shape index (κ2) is 13.6. The van der Waals surface area contributed by atoms with Crippen molar-refractivity contribution >= 4 is 39.4 Å². The lowest BCUT2D eigenvalue weighted by molar-refractivity contribution is -0.137. The third kappa shape index (κ3) is 8.24. The Kier molecular flexibility index (Phi) is 10.4. The smallest absolute Gasteiger partial charge is 0.417 e. The highest BCUT2D eigenvalue weighted by Gasteiger charge is 2.35. The lowest BCUT2D eigenvalue weighted by atomic mass is 10.2. The van der Waals surface area contributed by atoms with E-state index in [9.17, 15) is 26.4 Å². The van der Waals surface area contributed by atoms with Crippen LogP contribution in [0.4, 0.5) is 18.9 Å². The Morgan fingerprint density at radius 3 is 2.41 bits per heavy atom. The fourth-order valence-electron chi connectivity index (χ4n) is 3.52. The predicted octanol–water partition coefficient (Wildman–Crippen LogP) is 5.98. The summed E-state index contributed by atoms with van der Waals surface area (Å²) in [5, 5.41) is 3.24. The van der Waals surface area contributed by atoms with Crippen LogP contribution in [-0.4, -0.2) is 40.3 Å². The molecule has 0 radical (unpaired) electrons. The van der Waals surface area contributed by atoms with Crippen LogP contribution in [0, 0.1) is 6.92 Å². The molecule has 0 spiro atoms. The minimum absolute atomic E-state index is 0.217. The van der Waals surface area contributed by atoms with Gasteiger partial charge in [-0.15, -0.1) is 0 Å². The van der Waals surface area contributed by atoms with Crippen LogP contribution in [0.25, 0.3) is 0 Å². The van der Waals surface area contributed by atoms with E-state index in [4.69, 9.17) is 21.1 Å². The van der Waals surface area contributed by atoms with E-state index in [1.165, 1.54) is 30.5 Å². The van der Waals surface area contributed by atoms with E-state index >= 15 is 0 Å². The minimum Gasteiger partial charge on any atom is -0.490 e. The zero-order valence-electron chi connectivity index (χ0n) is 22.1. The molecular formula is C28H27ClF3N3O5S. The van der Waals surface area contributed by atoms with Crippen molar-refractivity contribution in [1.29, 1.82) is 0 Å². The Hall–Kier alpha value is -4.03. The Morgan fingerprint density at radius 1 is 1.07 bits per heavy atom. The summed E-state index contributed by atoms with van der Waals surface area (Å²) in [7, 11) is -4.47. The number of nitrogens with zero attached hydrogens (tertiary/aromatic N) is 2. The highest BCUT2D eigenvalue weighted by atomic mass is 35.5. The fraction of sp³-hybridized carbons (Fsp3) is 0.214. The van der Waals surface area contributed by atoms with E-state index in [-0.39, 0.29) is 11.5 Å². The van der Waals surface area contributed by atoms with Crippen LogP contribution >= 0.6 is 11.6 Å². The van der Waals surface area contributed by atoms with Crippen molar-refractivity contribution in [2.75, 3.05) is 24.1 Å². The van der Waals surface area contributed by atoms with E-state index < -0.39 is 44.9 Å². The van der Waals surface area contributed by atoms with Crippen molar-refractivity contribution in [2.24, 2.45) is 5.10 Å². The second-order valence-corrected chi connectivity index (χ2v) is 10.8. The summed E-state index contributed by atoms with van der Waals surface area (Å²) in [4.78, 5) is 12.6. The van der Waals surface area contributed by atoms with Gasteiger partial charge in [0.25, 0.3) is 15.9 Å². The van der Waals surface area contributed by atoms with E-state index in [0.29, 0.717) is 34.0 Å². The average molecular weight is 610 g/mol. The molecule has 3 aromatic carbocycles. The molecule has 0 atom stereocenters. The Bertz CT molecular complexity index is 1530. The van der Waals surface area contributed by atoms with Gasteiger partial charge < -0.3 is 9.47 Å². The Morgan fingerprint density at radius 2 is 1.78 bits per heavy atom. The van der Waals surface area contributed by atoms with Crippen molar-refractivity contribution in [2.45, 2.75) is 24.9 Å². The van der Waals surface area contributed by atoms with Gasteiger partial charge in [-0.2, -0.15) is 18.3 Å². The number of nitrogens with one attached hydrogen (secondary N) is 1. The molecule has 0 aliphatic carbocycles. The molecule has 0 aromatic heterocycles. The van der Waals surface area contributed by atoms with Crippen LogP contribution in [-0.2, 0) is 21.0 Å². The highest BCUT2D eigenvalue weighted by molar-refractivity contribution is 7.92. The third-order valence-electron chi connectivity index (χ3n) is 5.47. The third-order valence-corrected chi connectivity index (χ3v) is 7.58. The van der Waals surface area contributed by atoms with Crippen molar-refractivity contribution in [3.8, 4) is 11.5 Å². The molecule has 1 amide bonds. The van der Waals surface area contributed by atoms with Gasteiger partial charge in [0, 0.05) is 0 Å². The average Bonchev–Trinajstić information content (AvgIpc) is 2.91. The number of hydrogen-bond acceptors (Lipinski definition) is 6. The van der Waals surface area contributed by atoms with Crippen LogP contribution in [0.15, 0.2) is 83.3 Å². The first-order valence-electron chi connectivity index (χ1n) is 12.2.